The Labute approximate surface area is 155 Å². The van der Waals surface area contributed by atoms with E-state index in [1.165, 1.54) is 30.3 Å². The van der Waals surface area contributed by atoms with E-state index in [-0.39, 0.29) is 22.2 Å². The molecule has 1 amide bonds. The lowest BCUT2D eigenvalue weighted by molar-refractivity contribution is -0.0328. The van der Waals surface area contributed by atoms with Gasteiger partial charge in [0.05, 0.1) is 0 Å². The van der Waals surface area contributed by atoms with Crippen LogP contribution in [0.15, 0.2) is 53.4 Å². The Balaban J connectivity index is 2.00. The van der Waals surface area contributed by atoms with Crippen molar-refractivity contribution in [3.8, 4) is 0 Å². The molecule has 0 aromatic heterocycles. The average molecular weight is 402 g/mol. The third kappa shape index (κ3) is 6.08. The first-order chi connectivity index (χ1) is 12.1. The molecule has 2 rings (SSSR count). The molecule has 0 radical (unpaired) electrons. The first-order valence-corrected chi connectivity index (χ1v) is 8.11. The van der Waals surface area contributed by atoms with Gasteiger partial charge in [-0.25, -0.2) is 0 Å². The van der Waals surface area contributed by atoms with Crippen LogP contribution in [0.2, 0.25) is 5.02 Å². The number of amidine groups is 1. The molecule has 2 aromatic rings. The van der Waals surface area contributed by atoms with Gasteiger partial charge in [0.25, 0.3) is 11.9 Å². The highest BCUT2D eigenvalue weighted by Gasteiger charge is 2.29. The van der Waals surface area contributed by atoms with Gasteiger partial charge in [-0.1, -0.05) is 23.7 Å². The van der Waals surface area contributed by atoms with E-state index in [1.54, 1.807) is 12.1 Å². The summed E-state index contributed by atoms with van der Waals surface area (Å²) >= 11 is 5.44. The maximum absolute atomic E-state index is 12.4. The van der Waals surface area contributed by atoms with E-state index in [4.69, 9.17) is 27.2 Å². The van der Waals surface area contributed by atoms with Crippen molar-refractivity contribution in [1.29, 1.82) is 10.8 Å². The van der Waals surface area contributed by atoms with E-state index in [2.05, 4.69) is 5.32 Å². The third-order valence-corrected chi connectivity index (χ3v) is 3.80. The molecule has 0 atom stereocenters. The fourth-order valence-corrected chi connectivity index (χ4v) is 2.62. The molecule has 0 heterocycles. The van der Waals surface area contributed by atoms with E-state index in [0.717, 1.165) is 6.07 Å². The first-order valence-electron chi connectivity index (χ1n) is 6.92. The molecular weight excluding hydrogens is 391 g/mol. The number of amides is 1. The quantitative estimate of drug-likeness (QED) is 0.397. The predicted molar refractivity (Wildman–Crippen MR) is 92.9 cm³/mol. The summed E-state index contributed by atoms with van der Waals surface area (Å²) in [7, 11) is 0. The van der Waals surface area contributed by atoms with Crippen molar-refractivity contribution in [3.63, 3.8) is 0 Å². The van der Waals surface area contributed by atoms with Gasteiger partial charge in [-0.05, 0) is 48.2 Å². The molecule has 0 saturated carbocycles. The Morgan fingerprint density at radius 3 is 2.38 bits per heavy atom. The Kier molecular flexibility index (Phi) is 6.27. The number of benzene rings is 2. The lowest BCUT2D eigenvalue weighted by atomic mass is 10.2. The van der Waals surface area contributed by atoms with Crippen molar-refractivity contribution < 1.29 is 22.7 Å². The van der Waals surface area contributed by atoms with Gasteiger partial charge in [0.2, 0.25) is 5.90 Å². The number of thioether (sulfide) groups is 1. The summed E-state index contributed by atoms with van der Waals surface area (Å²) in [6, 6.07) is 10.3. The van der Waals surface area contributed by atoms with E-state index >= 15 is 0 Å². The van der Waals surface area contributed by atoms with Crippen LogP contribution in [0.3, 0.4) is 0 Å². The van der Waals surface area contributed by atoms with Crippen molar-refractivity contribution in [3.05, 3.63) is 64.7 Å². The summed E-state index contributed by atoms with van der Waals surface area (Å²) in [5.41, 5.74) is -4.27. The van der Waals surface area contributed by atoms with Gasteiger partial charge in [-0.15, -0.1) is 0 Å². The Hall–Kier alpha value is -2.52. The molecule has 0 bridgehead atoms. The number of ether oxygens (including phenoxy) is 1. The van der Waals surface area contributed by atoms with Crippen molar-refractivity contribution in [2.45, 2.75) is 10.4 Å². The second-order valence-electron chi connectivity index (χ2n) is 4.80. The van der Waals surface area contributed by atoms with E-state index in [0.29, 0.717) is 10.6 Å². The summed E-state index contributed by atoms with van der Waals surface area (Å²) in [4.78, 5) is 11.9. The van der Waals surface area contributed by atoms with Crippen molar-refractivity contribution in [1.82, 2.24) is 5.32 Å². The molecule has 26 heavy (non-hydrogen) atoms. The van der Waals surface area contributed by atoms with Crippen LogP contribution in [0, 0.1) is 10.8 Å². The van der Waals surface area contributed by atoms with Crippen LogP contribution >= 0.6 is 23.4 Å². The molecule has 0 aliphatic heterocycles. The number of hydrogen-bond acceptors (Lipinski definition) is 5. The highest BCUT2D eigenvalue weighted by molar-refractivity contribution is 8.00. The zero-order chi connectivity index (χ0) is 19.3. The van der Waals surface area contributed by atoms with Gasteiger partial charge in [0.1, 0.15) is 0 Å². The van der Waals surface area contributed by atoms with Gasteiger partial charge >= 0.3 is 5.51 Å². The Morgan fingerprint density at radius 1 is 1.08 bits per heavy atom. The van der Waals surface area contributed by atoms with Crippen LogP contribution in [0.25, 0.3) is 0 Å². The number of halogens is 4. The van der Waals surface area contributed by atoms with Crippen LogP contribution in [0.5, 0.6) is 0 Å². The minimum absolute atomic E-state index is 0.0816. The number of hydrogen-bond donors (Lipinski definition) is 3. The van der Waals surface area contributed by atoms with Gasteiger partial charge < -0.3 is 4.74 Å². The molecular formula is C16H11ClF3N3O2S. The molecule has 136 valence electrons. The molecule has 5 nitrogen and oxygen atoms in total. The van der Waals surface area contributed by atoms with E-state index < -0.39 is 23.3 Å². The Morgan fingerprint density at radius 2 is 1.73 bits per heavy atom. The summed E-state index contributed by atoms with van der Waals surface area (Å²) in [5, 5.41) is 17.7. The van der Waals surface area contributed by atoms with E-state index in [1.807, 2.05) is 0 Å². The largest absolute Gasteiger partial charge is 0.446 e. The molecule has 0 saturated heterocycles. The fourth-order valence-electron chi connectivity index (χ4n) is 1.83. The monoisotopic (exact) mass is 401 g/mol. The maximum atomic E-state index is 12.4. The molecule has 3 N–H and O–H groups in total. The van der Waals surface area contributed by atoms with Crippen molar-refractivity contribution >= 4 is 41.2 Å². The molecule has 0 fully saturated rings. The van der Waals surface area contributed by atoms with Crippen molar-refractivity contribution in [2.24, 2.45) is 0 Å². The normalized spacial score (nSPS) is 10.9. The van der Waals surface area contributed by atoms with Crippen LogP contribution in [-0.2, 0) is 4.74 Å². The molecule has 0 aliphatic carbocycles. The van der Waals surface area contributed by atoms with Crippen molar-refractivity contribution in [2.75, 3.05) is 0 Å². The Bertz CT molecular complexity index is 859. The maximum Gasteiger partial charge on any atom is 0.446 e. The smallest absolute Gasteiger partial charge is 0.407 e. The summed E-state index contributed by atoms with van der Waals surface area (Å²) < 4.78 is 42.1. The zero-order valence-electron chi connectivity index (χ0n) is 12.9. The number of carbonyl (C=O) groups excluding carboxylic acids is 1. The topological polar surface area (TPSA) is 86.0 Å². The highest BCUT2D eigenvalue weighted by Crippen LogP contribution is 2.36. The molecule has 2 aromatic carbocycles. The van der Waals surface area contributed by atoms with Gasteiger partial charge in [-0.2, -0.15) is 13.2 Å². The second-order valence-corrected chi connectivity index (χ2v) is 6.38. The van der Waals surface area contributed by atoms with Crippen LogP contribution in [0.4, 0.5) is 13.2 Å². The lowest BCUT2D eigenvalue weighted by Gasteiger charge is -2.10. The second kappa shape index (κ2) is 8.24. The van der Waals surface area contributed by atoms with Crippen LogP contribution in [-0.4, -0.2) is 23.3 Å². The molecule has 0 unspecified atom stereocenters. The number of alkyl halides is 3. The average Bonchev–Trinajstić information content (AvgIpc) is 2.53. The van der Waals surface area contributed by atoms with Crippen LogP contribution in [0.1, 0.15) is 15.9 Å². The summed E-state index contributed by atoms with van der Waals surface area (Å²) in [6.45, 7) is 0. The SMILES string of the molecule is N=C(NC(=O)c1cccc(SC(F)(F)F)c1)OC(=N)c1cccc(Cl)c1. The predicted octanol–water partition coefficient (Wildman–Crippen LogP) is 4.66. The van der Waals surface area contributed by atoms with Gasteiger partial charge in [0.15, 0.2) is 0 Å². The standard InChI is InChI=1S/C16H11ClF3N3O2S/c17-11-5-1-3-9(7-11)13(21)25-15(22)23-14(24)10-4-2-6-12(8-10)26-16(18,19)20/h1-8,21H,(H2,22,23,24). The number of nitrogens with one attached hydrogen (secondary N) is 3. The molecule has 10 heteroatoms. The molecule has 0 aliphatic rings. The summed E-state index contributed by atoms with van der Waals surface area (Å²) in [6.07, 6.45) is 0. The minimum atomic E-state index is -4.48. The zero-order valence-corrected chi connectivity index (χ0v) is 14.4. The fraction of sp³-hybridized carbons (Fsp3) is 0.0625. The number of rotatable bonds is 3. The first kappa shape index (κ1) is 19.8. The summed E-state index contributed by atoms with van der Waals surface area (Å²) in [5.74, 6) is -1.25. The van der Waals surface area contributed by atoms with Gasteiger partial charge in [-0.3, -0.25) is 20.9 Å². The minimum Gasteiger partial charge on any atom is -0.407 e. The highest BCUT2D eigenvalue weighted by atomic mass is 35.5. The molecule has 0 spiro atoms. The van der Waals surface area contributed by atoms with E-state index in [9.17, 15) is 18.0 Å². The van der Waals surface area contributed by atoms with Crippen LogP contribution < -0.4 is 5.32 Å². The number of carbonyl (C=O) groups is 1. The third-order valence-electron chi connectivity index (χ3n) is 2.85. The van der Waals surface area contributed by atoms with Gasteiger partial charge in [0, 0.05) is 21.0 Å². The lowest BCUT2D eigenvalue weighted by Crippen LogP contribution is -2.33.